The number of hydrogen-bond donors (Lipinski definition) is 0. The molecule has 0 unspecified atom stereocenters. The molecular formula is C24H27N5O2S. The Balaban J connectivity index is 0.00000245. The molecule has 166 valence electrons. The number of benzene rings is 1. The molecule has 0 spiro atoms. The molecule has 5 rings (SSSR count). The van der Waals surface area contributed by atoms with Crippen molar-refractivity contribution >= 4 is 30.9 Å². The van der Waals surface area contributed by atoms with Gasteiger partial charge in [0, 0.05) is 42.8 Å². The fraction of sp³-hybridized carbons (Fsp3) is 0.333. The third-order valence-corrected chi connectivity index (χ3v) is 6.15. The summed E-state index contributed by atoms with van der Waals surface area (Å²) in [5.41, 5.74) is 3.83. The number of ether oxygens (including phenoxy) is 1. The molecule has 2 aliphatic rings. The smallest absolute Gasteiger partial charge is 0.249 e. The van der Waals surface area contributed by atoms with Crippen LogP contribution in [0.1, 0.15) is 24.1 Å². The number of hydrogen-bond acceptors (Lipinski definition) is 6. The van der Waals surface area contributed by atoms with Crippen LogP contribution < -0.4 is 14.5 Å². The summed E-state index contributed by atoms with van der Waals surface area (Å²) in [6.45, 7) is 0.704. The standard InChI is InChI=1S/C24H25N5O2.H2S/c1-28(21-12-14-29(24(21)30)16-7-4-3-5-8-16)23-18-9-6-10-19(18)26-22(27-23)20-15-17(31-2)11-13-25-20;/h3-5,7-8,11,13,15,21H,6,9-10,12,14H2,1-2H3;1H2/t21-;/m0./s1. The molecule has 8 heteroatoms. The number of aryl methyl sites for hydroxylation is 1. The van der Waals surface area contributed by atoms with E-state index in [1.807, 2.05) is 53.2 Å². The van der Waals surface area contributed by atoms with Crippen molar-refractivity contribution in [3.05, 3.63) is 59.9 Å². The number of aromatic nitrogens is 3. The third-order valence-electron chi connectivity index (χ3n) is 6.15. The fourth-order valence-corrected chi connectivity index (χ4v) is 4.52. The predicted octanol–water partition coefficient (Wildman–Crippen LogP) is 3.39. The number of fused-ring (bicyclic) bond motifs is 1. The zero-order chi connectivity index (χ0) is 21.4. The third kappa shape index (κ3) is 3.90. The maximum atomic E-state index is 13.3. The maximum Gasteiger partial charge on any atom is 0.249 e. The van der Waals surface area contributed by atoms with Gasteiger partial charge in [0.2, 0.25) is 5.91 Å². The highest BCUT2D eigenvalue weighted by Gasteiger charge is 2.37. The van der Waals surface area contributed by atoms with Crippen LogP contribution in [0.25, 0.3) is 11.5 Å². The van der Waals surface area contributed by atoms with Crippen molar-refractivity contribution in [3.8, 4) is 17.3 Å². The highest BCUT2D eigenvalue weighted by Crippen LogP contribution is 2.34. The molecule has 1 fully saturated rings. The summed E-state index contributed by atoms with van der Waals surface area (Å²) in [4.78, 5) is 31.3. The summed E-state index contributed by atoms with van der Waals surface area (Å²) in [6, 6.07) is 13.3. The van der Waals surface area contributed by atoms with Crippen LogP contribution in [-0.4, -0.2) is 47.6 Å². The van der Waals surface area contributed by atoms with Gasteiger partial charge in [0.05, 0.1) is 7.11 Å². The minimum Gasteiger partial charge on any atom is -0.497 e. The van der Waals surface area contributed by atoms with Crippen molar-refractivity contribution in [1.29, 1.82) is 0 Å². The Hall–Kier alpha value is -3.13. The first-order valence-electron chi connectivity index (χ1n) is 10.6. The van der Waals surface area contributed by atoms with Gasteiger partial charge in [0.25, 0.3) is 0 Å². The van der Waals surface area contributed by atoms with E-state index in [2.05, 4.69) is 4.98 Å². The fourth-order valence-electron chi connectivity index (χ4n) is 4.52. The zero-order valence-electron chi connectivity index (χ0n) is 18.3. The average molecular weight is 450 g/mol. The van der Waals surface area contributed by atoms with Crippen LogP contribution in [-0.2, 0) is 17.6 Å². The number of carbonyl (C=O) groups excluding carboxylic acids is 1. The van der Waals surface area contributed by atoms with Gasteiger partial charge in [-0.15, -0.1) is 0 Å². The lowest BCUT2D eigenvalue weighted by Crippen LogP contribution is -2.40. The summed E-state index contributed by atoms with van der Waals surface area (Å²) in [5.74, 6) is 2.25. The number of rotatable bonds is 5. The van der Waals surface area contributed by atoms with Crippen molar-refractivity contribution in [2.24, 2.45) is 0 Å². The van der Waals surface area contributed by atoms with Crippen LogP contribution in [0, 0.1) is 0 Å². The molecule has 0 radical (unpaired) electrons. The normalized spacial score (nSPS) is 17.1. The van der Waals surface area contributed by atoms with Gasteiger partial charge in [0.1, 0.15) is 23.3 Å². The second-order valence-corrected chi connectivity index (χ2v) is 7.97. The number of pyridine rings is 1. The van der Waals surface area contributed by atoms with E-state index in [-0.39, 0.29) is 25.4 Å². The number of carbonyl (C=O) groups is 1. The SMILES string of the molecule is COc1ccnc(-c2nc3c(c(N(C)[C@H]4CCN(c5ccccc5)C4=O)n2)CCC3)c1.S. The second-order valence-electron chi connectivity index (χ2n) is 7.97. The van der Waals surface area contributed by atoms with E-state index in [9.17, 15) is 4.79 Å². The van der Waals surface area contributed by atoms with Crippen molar-refractivity contribution < 1.29 is 9.53 Å². The second kappa shape index (κ2) is 9.16. The van der Waals surface area contributed by atoms with Crippen LogP contribution in [0.15, 0.2) is 48.7 Å². The lowest BCUT2D eigenvalue weighted by Gasteiger charge is -2.27. The molecule has 1 amide bonds. The Morgan fingerprint density at radius 3 is 2.72 bits per heavy atom. The average Bonchev–Trinajstić information content (AvgIpc) is 3.45. The Kier molecular flexibility index (Phi) is 6.32. The lowest BCUT2D eigenvalue weighted by molar-refractivity contribution is -0.118. The number of likely N-dealkylation sites (N-methyl/N-ethyl adjacent to an activating group) is 1. The van der Waals surface area contributed by atoms with Crippen LogP contribution >= 0.6 is 13.5 Å². The van der Waals surface area contributed by atoms with E-state index in [4.69, 9.17) is 14.7 Å². The van der Waals surface area contributed by atoms with Crippen molar-refractivity contribution in [2.45, 2.75) is 31.7 Å². The van der Waals surface area contributed by atoms with Crippen LogP contribution in [0.4, 0.5) is 11.5 Å². The minimum absolute atomic E-state index is 0. The van der Waals surface area contributed by atoms with Gasteiger partial charge < -0.3 is 14.5 Å². The summed E-state index contributed by atoms with van der Waals surface area (Å²) in [6.07, 6.45) is 5.37. The largest absolute Gasteiger partial charge is 0.497 e. The first-order valence-corrected chi connectivity index (χ1v) is 10.6. The van der Waals surface area contributed by atoms with Gasteiger partial charge in [-0.3, -0.25) is 9.78 Å². The molecule has 2 aromatic heterocycles. The highest BCUT2D eigenvalue weighted by molar-refractivity contribution is 7.59. The molecule has 3 aromatic rings. The van der Waals surface area contributed by atoms with Crippen molar-refractivity contribution in [2.75, 3.05) is 30.5 Å². The molecule has 0 N–H and O–H groups in total. The van der Waals surface area contributed by atoms with E-state index in [0.717, 1.165) is 48.4 Å². The van der Waals surface area contributed by atoms with Crippen LogP contribution in [0.5, 0.6) is 5.75 Å². The van der Waals surface area contributed by atoms with Crippen molar-refractivity contribution in [1.82, 2.24) is 15.0 Å². The number of methoxy groups -OCH3 is 1. The molecule has 3 heterocycles. The quantitative estimate of drug-likeness (QED) is 0.595. The summed E-state index contributed by atoms with van der Waals surface area (Å²) < 4.78 is 5.34. The number of para-hydroxylation sites is 1. The van der Waals surface area contributed by atoms with Gasteiger partial charge in [-0.05, 0) is 43.9 Å². The summed E-state index contributed by atoms with van der Waals surface area (Å²) in [5, 5.41) is 0. The molecular weight excluding hydrogens is 422 g/mol. The minimum atomic E-state index is -0.245. The van der Waals surface area contributed by atoms with Gasteiger partial charge >= 0.3 is 0 Å². The number of nitrogens with zero attached hydrogens (tertiary/aromatic N) is 5. The summed E-state index contributed by atoms with van der Waals surface area (Å²) >= 11 is 0. The molecule has 0 bridgehead atoms. The molecule has 1 saturated heterocycles. The van der Waals surface area contributed by atoms with E-state index >= 15 is 0 Å². The first-order chi connectivity index (χ1) is 15.2. The molecule has 1 aliphatic carbocycles. The van der Waals surface area contributed by atoms with Gasteiger partial charge in [-0.25, -0.2) is 9.97 Å². The molecule has 1 aliphatic heterocycles. The maximum absolute atomic E-state index is 13.3. The van der Waals surface area contributed by atoms with Gasteiger partial charge in [-0.2, -0.15) is 13.5 Å². The summed E-state index contributed by atoms with van der Waals surface area (Å²) in [7, 11) is 3.60. The van der Waals surface area contributed by atoms with Crippen molar-refractivity contribution in [3.63, 3.8) is 0 Å². The Morgan fingerprint density at radius 2 is 1.94 bits per heavy atom. The Labute approximate surface area is 194 Å². The zero-order valence-corrected chi connectivity index (χ0v) is 19.3. The van der Waals surface area contributed by atoms with E-state index < -0.39 is 0 Å². The molecule has 7 nitrogen and oxygen atoms in total. The number of anilines is 2. The van der Waals surface area contributed by atoms with Crippen LogP contribution in [0.2, 0.25) is 0 Å². The lowest BCUT2D eigenvalue weighted by atomic mass is 10.1. The molecule has 32 heavy (non-hydrogen) atoms. The Morgan fingerprint density at radius 1 is 1.12 bits per heavy atom. The highest BCUT2D eigenvalue weighted by atomic mass is 32.1. The topological polar surface area (TPSA) is 71.5 Å². The van der Waals surface area contributed by atoms with Gasteiger partial charge in [0.15, 0.2) is 5.82 Å². The van der Waals surface area contributed by atoms with E-state index in [1.54, 1.807) is 19.4 Å². The van der Waals surface area contributed by atoms with E-state index in [1.165, 1.54) is 0 Å². The Bertz CT molecular complexity index is 1120. The van der Waals surface area contributed by atoms with E-state index in [0.29, 0.717) is 23.8 Å². The molecule has 0 saturated carbocycles. The molecule has 1 aromatic carbocycles. The molecule has 1 atom stereocenters. The number of amides is 1. The first kappa shape index (κ1) is 22.1. The van der Waals surface area contributed by atoms with Gasteiger partial charge in [-0.1, -0.05) is 18.2 Å². The predicted molar refractivity (Wildman–Crippen MR) is 130 cm³/mol. The van der Waals surface area contributed by atoms with Crippen LogP contribution in [0.3, 0.4) is 0 Å². The monoisotopic (exact) mass is 449 g/mol.